The van der Waals surface area contributed by atoms with E-state index in [1.165, 1.54) is 0 Å². The van der Waals surface area contributed by atoms with Gasteiger partial charge in [0.1, 0.15) is 11.4 Å². The minimum atomic E-state index is -0.334. The van der Waals surface area contributed by atoms with Gasteiger partial charge >= 0.3 is 0 Å². The summed E-state index contributed by atoms with van der Waals surface area (Å²) in [6.07, 6.45) is 5.98. The minimum Gasteiger partial charge on any atom is -0.481 e. The van der Waals surface area contributed by atoms with E-state index >= 15 is 0 Å². The first kappa shape index (κ1) is 18.7. The molecule has 2 aliphatic heterocycles. The molecule has 0 saturated carbocycles. The molecule has 1 aromatic carbocycles. The number of nitrogens with zero attached hydrogens (tertiary/aromatic N) is 2. The van der Waals surface area contributed by atoms with Crippen LogP contribution in [-0.2, 0) is 0 Å². The number of fused-ring (bicyclic) bond motifs is 1. The highest BCUT2D eigenvalue weighted by molar-refractivity contribution is 5.94. The molecule has 1 saturated heterocycles. The first-order valence-electron chi connectivity index (χ1n) is 10.1. The van der Waals surface area contributed by atoms with Gasteiger partial charge in [-0.15, -0.1) is 0 Å². The Morgan fingerprint density at radius 1 is 1.21 bits per heavy atom. The van der Waals surface area contributed by atoms with Crippen molar-refractivity contribution in [3.63, 3.8) is 0 Å². The van der Waals surface area contributed by atoms with Crippen LogP contribution in [0.1, 0.15) is 48.3 Å². The Hall–Kier alpha value is -2.66. The van der Waals surface area contributed by atoms with E-state index in [1.807, 2.05) is 49.1 Å². The lowest BCUT2D eigenvalue weighted by atomic mass is 9.85. The third-order valence-corrected chi connectivity index (χ3v) is 5.61. The number of nitrogens with one attached hydrogen (secondary N) is 1. The van der Waals surface area contributed by atoms with Crippen molar-refractivity contribution in [3.05, 3.63) is 65.5 Å². The first-order chi connectivity index (χ1) is 13.7. The Morgan fingerprint density at radius 2 is 2.04 bits per heavy atom. The standard InChI is InChI=1S/C23H27N3O2/c1-3-26(4-2)22(27)17-10-11-20(25-15-17)19-14-23(12-7-13-24-16-23)28-21-9-6-5-8-18(19)21/h5-6,8-11,14-15,24H,3-4,7,12-13,16H2,1-2H3. The van der Waals surface area contributed by atoms with Crippen molar-refractivity contribution in [1.29, 1.82) is 0 Å². The van der Waals surface area contributed by atoms with Crippen LogP contribution in [0.4, 0.5) is 0 Å². The van der Waals surface area contributed by atoms with E-state index in [9.17, 15) is 4.79 Å². The predicted molar refractivity (Wildman–Crippen MR) is 110 cm³/mol. The van der Waals surface area contributed by atoms with Crippen LogP contribution in [0.3, 0.4) is 0 Å². The highest BCUT2D eigenvalue weighted by Gasteiger charge is 2.37. The highest BCUT2D eigenvalue weighted by Crippen LogP contribution is 2.41. The molecule has 5 heteroatoms. The second kappa shape index (κ2) is 7.76. The zero-order valence-electron chi connectivity index (χ0n) is 16.6. The number of ether oxygens (including phenoxy) is 1. The Labute approximate surface area is 166 Å². The van der Waals surface area contributed by atoms with Crippen LogP contribution in [0.2, 0.25) is 0 Å². The van der Waals surface area contributed by atoms with E-state index < -0.39 is 0 Å². The summed E-state index contributed by atoms with van der Waals surface area (Å²) in [5.74, 6) is 0.923. The van der Waals surface area contributed by atoms with Gasteiger partial charge in [-0.05, 0) is 57.5 Å². The number of piperidine rings is 1. The maximum absolute atomic E-state index is 12.6. The summed E-state index contributed by atoms with van der Waals surface area (Å²) < 4.78 is 6.41. The lowest BCUT2D eigenvalue weighted by molar-refractivity contribution is 0.0772. The van der Waals surface area contributed by atoms with E-state index in [2.05, 4.69) is 22.4 Å². The van der Waals surface area contributed by atoms with E-state index in [0.717, 1.165) is 48.5 Å². The van der Waals surface area contributed by atoms with Gasteiger partial charge in [0.2, 0.25) is 0 Å². The maximum Gasteiger partial charge on any atom is 0.255 e. The highest BCUT2D eigenvalue weighted by atomic mass is 16.5. The van der Waals surface area contributed by atoms with Gasteiger partial charge in [0.15, 0.2) is 0 Å². The molecule has 1 atom stereocenters. The molecular weight excluding hydrogens is 350 g/mol. The van der Waals surface area contributed by atoms with Crippen LogP contribution >= 0.6 is 0 Å². The summed E-state index contributed by atoms with van der Waals surface area (Å²) in [4.78, 5) is 19.0. The van der Waals surface area contributed by atoms with Crippen molar-refractivity contribution in [3.8, 4) is 5.75 Å². The van der Waals surface area contributed by atoms with Gasteiger partial charge in [-0.1, -0.05) is 18.2 Å². The number of pyridine rings is 1. The van der Waals surface area contributed by atoms with Crippen LogP contribution in [0.25, 0.3) is 5.57 Å². The Morgan fingerprint density at radius 3 is 2.71 bits per heavy atom. The Balaban J connectivity index is 1.71. The monoisotopic (exact) mass is 377 g/mol. The molecule has 1 amide bonds. The fraction of sp³-hybridized carbons (Fsp3) is 0.391. The van der Waals surface area contributed by atoms with Crippen molar-refractivity contribution in [2.75, 3.05) is 26.2 Å². The number of rotatable bonds is 4. The molecular formula is C23H27N3O2. The predicted octanol–water partition coefficient (Wildman–Crippen LogP) is 3.51. The second-order valence-corrected chi connectivity index (χ2v) is 7.41. The molecule has 0 radical (unpaired) electrons. The molecule has 4 rings (SSSR count). The fourth-order valence-corrected chi connectivity index (χ4v) is 4.06. The molecule has 146 valence electrons. The third kappa shape index (κ3) is 3.42. The summed E-state index contributed by atoms with van der Waals surface area (Å²) in [6, 6.07) is 12.0. The summed E-state index contributed by atoms with van der Waals surface area (Å²) in [6.45, 7) is 7.19. The molecule has 1 aromatic heterocycles. The second-order valence-electron chi connectivity index (χ2n) is 7.41. The minimum absolute atomic E-state index is 0.0263. The zero-order valence-corrected chi connectivity index (χ0v) is 16.6. The average molecular weight is 377 g/mol. The van der Waals surface area contributed by atoms with Gasteiger partial charge in [0.25, 0.3) is 5.91 Å². The number of aromatic nitrogens is 1. The van der Waals surface area contributed by atoms with Crippen LogP contribution in [0.5, 0.6) is 5.75 Å². The number of benzene rings is 1. The zero-order chi connectivity index (χ0) is 19.6. The number of hydrogen-bond donors (Lipinski definition) is 1. The molecule has 2 aliphatic rings. The number of para-hydroxylation sites is 1. The number of carbonyl (C=O) groups excluding carboxylic acids is 1. The molecule has 1 N–H and O–H groups in total. The van der Waals surface area contributed by atoms with Crippen LogP contribution in [-0.4, -0.2) is 47.6 Å². The van der Waals surface area contributed by atoms with E-state index in [4.69, 9.17) is 4.74 Å². The SMILES string of the molecule is CCN(CC)C(=O)c1ccc(C2=CC3(CCCNC3)Oc3ccccc32)nc1. The van der Waals surface area contributed by atoms with Crippen molar-refractivity contribution in [2.24, 2.45) is 0 Å². The van der Waals surface area contributed by atoms with Gasteiger partial charge in [-0.25, -0.2) is 0 Å². The molecule has 2 aromatic rings. The summed E-state index contributed by atoms with van der Waals surface area (Å²) in [5.41, 5.74) is 3.29. The Kier molecular flexibility index (Phi) is 5.18. The van der Waals surface area contributed by atoms with Gasteiger partial charge in [-0.3, -0.25) is 9.78 Å². The molecule has 5 nitrogen and oxygen atoms in total. The molecule has 0 aliphatic carbocycles. The van der Waals surface area contributed by atoms with Crippen LogP contribution in [0, 0.1) is 0 Å². The largest absolute Gasteiger partial charge is 0.481 e. The van der Waals surface area contributed by atoms with Gasteiger partial charge in [0.05, 0.1) is 11.3 Å². The van der Waals surface area contributed by atoms with Crippen LogP contribution in [0.15, 0.2) is 48.7 Å². The molecule has 1 unspecified atom stereocenters. The van der Waals surface area contributed by atoms with Crippen molar-refractivity contribution in [2.45, 2.75) is 32.3 Å². The third-order valence-electron chi connectivity index (χ3n) is 5.61. The molecule has 1 fully saturated rings. The molecule has 3 heterocycles. The first-order valence-corrected chi connectivity index (χ1v) is 10.1. The van der Waals surface area contributed by atoms with Crippen LogP contribution < -0.4 is 10.1 Å². The smallest absolute Gasteiger partial charge is 0.255 e. The lowest BCUT2D eigenvalue weighted by Gasteiger charge is -2.39. The molecule has 0 bridgehead atoms. The van der Waals surface area contributed by atoms with E-state index in [0.29, 0.717) is 18.7 Å². The van der Waals surface area contributed by atoms with Crippen molar-refractivity contribution in [1.82, 2.24) is 15.2 Å². The topological polar surface area (TPSA) is 54.5 Å². The van der Waals surface area contributed by atoms with Crippen molar-refractivity contribution >= 4 is 11.5 Å². The Bertz CT molecular complexity index is 879. The normalized spacial score (nSPS) is 20.9. The van der Waals surface area contributed by atoms with Crippen molar-refractivity contribution < 1.29 is 9.53 Å². The van der Waals surface area contributed by atoms with E-state index in [1.54, 1.807) is 6.20 Å². The molecule has 28 heavy (non-hydrogen) atoms. The summed E-state index contributed by atoms with van der Waals surface area (Å²) in [5, 5.41) is 3.46. The number of carbonyl (C=O) groups is 1. The van der Waals surface area contributed by atoms with E-state index in [-0.39, 0.29) is 11.5 Å². The lowest BCUT2D eigenvalue weighted by Crippen LogP contribution is -2.49. The summed E-state index contributed by atoms with van der Waals surface area (Å²) >= 11 is 0. The summed E-state index contributed by atoms with van der Waals surface area (Å²) in [7, 11) is 0. The number of hydrogen-bond acceptors (Lipinski definition) is 4. The average Bonchev–Trinajstić information content (AvgIpc) is 2.74. The van der Waals surface area contributed by atoms with Gasteiger partial charge in [0, 0.05) is 37.0 Å². The maximum atomic E-state index is 12.6. The van der Waals surface area contributed by atoms with Gasteiger partial charge < -0.3 is 15.0 Å². The van der Waals surface area contributed by atoms with Gasteiger partial charge in [-0.2, -0.15) is 0 Å². The fourth-order valence-electron chi connectivity index (χ4n) is 4.06. The number of amides is 1. The quantitative estimate of drug-likeness (QED) is 0.886. The molecule has 1 spiro atoms.